The molecule has 3 rings (SSSR count). The maximum absolute atomic E-state index is 10.8. The number of anilines is 1. The first-order chi connectivity index (χ1) is 10.2. The summed E-state index contributed by atoms with van der Waals surface area (Å²) < 4.78 is 7.69. The molecule has 0 spiro atoms. The van der Waals surface area contributed by atoms with E-state index in [0.717, 1.165) is 34.4 Å². The molecule has 2 aromatic rings. The van der Waals surface area contributed by atoms with Gasteiger partial charge < -0.3 is 15.2 Å². The van der Waals surface area contributed by atoms with Gasteiger partial charge in [0.1, 0.15) is 6.10 Å². The van der Waals surface area contributed by atoms with Crippen molar-refractivity contribution in [2.75, 3.05) is 25.6 Å². The topological polar surface area (TPSA) is 59.3 Å². The Hall–Kier alpha value is -1.37. The highest BCUT2D eigenvalue weighted by molar-refractivity contribution is 9.10. The first-order valence-electron chi connectivity index (χ1n) is 6.96. The van der Waals surface area contributed by atoms with Crippen LogP contribution in [0.4, 0.5) is 5.69 Å². The highest BCUT2D eigenvalue weighted by Gasteiger charge is 2.24. The van der Waals surface area contributed by atoms with E-state index < -0.39 is 6.10 Å². The predicted octanol–water partition coefficient (Wildman–Crippen LogP) is 2.34. The van der Waals surface area contributed by atoms with Gasteiger partial charge in [-0.2, -0.15) is 5.10 Å². The van der Waals surface area contributed by atoms with Gasteiger partial charge in [0, 0.05) is 24.9 Å². The molecular weight excluding hydrogens is 334 g/mol. The van der Waals surface area contributed by atoms with Crippen molar-refractivity contribution in [3.8, 4) is 0 Å². The van der Waals surface area contributed by atoms with E-state index in [2.05, 4.69) is 32.4 Å². The fourth-order valence-corrected chi connectivity index (χ4v) is 3.25. The maximum Gasteiger partial charge on any atom is 0.124 e. The number of methoxy groups -OCH3 is 1. The normalized spacial score (nSPS) is 14.8. The molecule has 2 N–H and O–H groups in total. The molecule has 1 aliphatic heterocycles. The number of hydrogen-bond acceptors (Lipinski definition) is 4. The zero-order valence-electron chi connectivity index (χ0n) is 11.8. The SMILES string of the molecule is COCCn1ncc(Br)c1C(O)c1cccc2c1NCC2. The average molecular weight is 352 g/mol. The van der Waals surface area contributed by atoms with Gasteiger partial charge in [-0.05, 0) is 27.9 Å². The van der Waals surface area contributed by atoms with E-state index in [1.54, 1.807) is 18.0 Å². The van der Waals surface area contributed by atoms with Crippen LogP contribution >= 0.6 is 15.9 Å². The Kier molecular flexibility index (Phi) is 4.28. The van der Waals surface area contributed by atoms with E-state index in [9.17, 15) is 5.11 Å². The quantitative estimate of drug-likeness (QED) is 0.867. The number of rotatable bonds is 5. The zero-order valence-corrected chi connectivity index (χ0v) is 13.4. The van der Waals surface area contributed by atoms with Crippen LogP contribution in [0, 0.1) is 0 Å². The van der Waals surface area contributed by atoms with E-state index in [1.807, 2.05) is 12.1 Å². The number of aliphatic hydroxyl groups is 1. The van der Waals surface area contributed by atoms with Gasteiger partial charge in [-0.1, -0.05) is 18.2 Å². The van der Waals surface area contributed by atoms with E-state index in [1.165, 1.54) is 5.56 Å². The van der Waals surface area contributed by atoms with Crippen molar-refractivity contribution in [3.63, 3.8) is 0 Å². The summed E-state index contributed by atoms with van der Waals surface area (Å²) in [5.74, 6) is 0. The Morgan fingerprint density at radius 3 is 3.19 bits per heavy atom. The third-order valence-corrected chi connectivity index (χ3v) is 4.38. The van der Waals surface area contributed by atoms with Gasteiger partial charge in [-0.25, -0.2) is 0 Å². The summed E-state index contributed by atoms with van der Waals surface area (Å²) in [7, 11) is 1.66. The number of benzene rings is 1. The van der Waals surface area contributed by atoms with Gasteiger partial charge in [0.15, 0.2) is 0 Å². The Morgan fingerprint density at radius 2 is 2.38 bits per heavy atom. The van der Waals surface area contributed by atoms with Crippen LogP contribution in [0.25, 0.3) is 0 Å². The molecule has 0 aliphatic carbocycles. The van der Waals surface area contributed by atoms with E-state index in [-0.39, 0.29) is 0 Å². The number of aromatic nitrogens is 2. The monoisotopic (exact) mass is 351 g/mol. The van der Waals surface area contributed by atoms with Crippen LogP contribution in [-0.2, 0) is 17.7 Å². The molecule has 21 heavy (non-hydrogen) atoms. The van der Waals surface area contributed by atoms with Gasteiger partial charge in [-0.15, -0.1) is 0 Å². The molecule has 5 nitrogen and oxygen atoms in total. The van der Waals surface area contributed by atoms with E-state index in [0.29, 0.717) is 13.2 Å². The van der Waals surface area contributed by atoms with E-state index in [4.69, 9.17) is 4.74 Å². The summed E-state index contributed by atoms with van der Waals surface area (Å²) >= 11 is 3.48. The van der Waals surface area contributed by atoms with Crippen molar-refractivity contribution < 1.29 is 9.84 Å². The summed E-state index contributed by atoms with van der Waals surface area (Å²) in [5.41, 5.74) is 3.96. The number of nitrogens with one attached hydrogen (secondary N) is 1. The highest BCUT2D eigenvalue weighted by Crippen LogP contribution is 2.36. The van der Waals surface area contributed by atoms with Crippen LogP contribution in [0.2, 0.25) is 0 Å². The van der Waals surface area contributed by atoms with Gasteiger partial charge in [0.2, 0.25) is 0 Å². The molecular formula is C15H18BrN3O2. The molecule has 0 fully saturated rings. The summed E-state index contributed by atoms with van der Waals surface area (Å²) in [6.07, 6.45) is 1.99. The van der Waals surface area contributed by atoms with Crippen molar-refractivity contribution in [1.29, 1.82) is 0 Å². The number of aliphatic hydroxyl groups excluding tert-OH is 1. The minimum Gasteiger partial charge on any atom is -0.384 e. The summed E-state index contributed by atoms with van der Waals surface area (Å²) in [4.78, 5) is 0. The molecule has 1 aliphatic rings. The molecule has 6 heteroatoms. The maximum atomic E-state index is 10.8. The molecule has 2 heterocycles. The minimum absolute atomic E-state index is 0.555. The average Bonchev–Trinajstić information content (AvgIpc) is 3.10. The highest BCUT2D eigenvalue weighted by atomic mass is 79.9. The van der Waals surface area contributed by atoms with Gasteiger partial charge in [-0.3, -0.25) is 4.68 Å². The summed E-state index contributed by atoms with van der Waals surface area (Å²) in [6, 6.07) is 6.05. The van der Waals surface area contributed by atoms with Crippen molar-refractivity contribution in [3.05, 3.63) is 45.7 Å². The molecule has 1 aromatic carbocycles. The molecule has 0 bridgehead atoms. The van der Waals surface area contributed by atoms with Crippen LogP contribution in [0.15, 0.2) is 28.9 Å². The number of fused-ring (bicyclic) bond motifs is 1. The minimum atomic E-state index is -0.723. The number of hydrogen-bond donors (Lipinski definition) is 2. The number of nitrogens with zero attached hydrogens (tertiary/aromatic N) is 2. The Morgan fingerprint density at radius 1 is 1.52 bits per heavy atom. The van der Waals surface area contributed by atoms with Gasteiger partial charge in [0.05, 0.1) is 29.5 Å². The molecule has 1 unspecified atom stereocenters. The molecule has 0 radical (unpaired) electrons. The lowest BCUT2D eigenvalue weighted by molar-refractivity contribution is 0.171. The Labute approximate surface area is 132 Å². The molecule has 0 saturated carbocycles. The van der Waals surface area contributed by atoms with Gasteiger partial charge in [0.25, 0.3) is 0 Å². The molecule has 112 valence electrons. The fraction of sp³-hybridized carbons (Fsp3) is 0.400. The first-order valence-corrected chi connectivity index (χ1v) is 7.75. The smallest absolute Gasteiger partial charge is 0.124 e. The van der Waals surface area contributed by atoms with Crippen molar-refractivity contribution in [1.82, 2.24) is 9.78 Å². The fourth-order valence-electron chi connectivity index (χ4n) is 2.74. The standard InChI is InChI=1S/C15H18BrN3O2/c1-21-8-7-19-14(12(16)9-18-19)15(20)11-4-2-3-10-5-6-17-13(10)11/h2-4,9,15,17,20H,5-8H2,1H3. The van der Waals surface area contributed by atoms with E-state index >= 15 is 0 Å². The lowest BCUT2D eigenvalue weighted by Gasteiger charge is -2.17. The largest absolute Gasteiger partial charge is 0.384 e. The van der Waals surface area contributed by atoms with Crippen molar-refractivity contribution >= 4 is 21.6 Å². The summed E-state index contributed by atoms with van der Waals surface area (Å²) in [6.45, 7) is 2.08. The second-order valence-electron chi connectivity index (χ2n) is 5.05. The first kappa shape index (κ1) is 14.6. The second-order valence-corrected chi connectivity index (χ2v) is 5.91. The van der Waals surface area contributed by atoms with Crippen molar-refractivity contribution in [2.45, 2.75) is 19.1 Å². The van der Waals surface area contributed by atoms with Crippen LogP contribution in [-0.4, -0.2) is 35.1 Å². The third kappa shape index (κ3) is 2.71. The lowest BCUT2D eigenvalue weighted by atomic mass is 10.0. The summed E-state index contributed by atoms with van der Waals surface area (Å²) in [5, 5.41) is 18.5. The third-order valence-electron chi connectivity index (χ3n) is 3.77. The predicted molar refractivity (Wildman–Crippen MR) is 84.5 cm³/mol. The van der Waals surface area contributed by atoms with Crippen LogP contribution in [0.3, 0.4) is 0 Å². The molecule has 0 saturated heterocycles. The van der Waals surface area contributed by atoms with Crippen LogP contribution in [0.1, 0.15) is 22.9 Å². The van der Waals surface area contributed by atoms with Crippen molar-refractivity contribution in [2.24, 2.45) is 0 Å². The molecule has 1 aromatic heterocycles. The number of halogens is 1. The van der Waals surface area contributed by atoms with Crippen LogP contribution in [0.5, 0.6) is 0 Å². The zero-order chi connectivity index (χ0) is 14.8. The Bertz CT molecular complexity index is 642. The number of para-hydroxylation sites is 1. The van der Waals surface area contributed by atoms with Crippen LogP contribution < -0.4 is 5.32 Å². The molecule has 1 atom stereocenters. The van der Waals surface area contributed by atoms with Gasteiger partial charge >= 0.3 is 0 Å². The Balaban J connectivity index is 1.97. The lowest BCUT2D eigenvalue weighted by Crippen LogP contribution is -2.14. The second kappa shape index (κ2) is 6.17. The molecule has 0 amide bonds. The number of ether oxygens (including phenoxy) is 1.